The second kappa shape index (κ2) is 7.04. The van der Waals surface area contributed by atoms with Crippen molar-refractivity contribution in [3.63, 3.8) is 0 Å². The molecule has 0 unspecified atom stereocenters. The van der Waals surface area contributed by atoms with Crippen LogP contribution in [0.15, 0.2) is 22.7 Å². The van der Waals surface area contributed by atoms with Gasteiger partial charge in [-0.25, -0.2) is 0 Å². The van der Waals surface area contributed by atoms with Crippen molar-refractivity contribution < 1.29 is 9.26 Å². The zero-order valence-electron chi connectivity index (χ0n) is 11.7. The van der Waals surface area contributed by atoms with Crippen molar-refractivity contribution in [1.82, 2.24) is 10.1 Å². The zero-order valence-corrected chi connectivity index (χ0v) is 14.0. The largest absolute Gasteiger partial charge is 0.481 e. The van der Waals surface area contributed by atoms with Crippen molar-refractivity contribution in [2.75, 3.05) is 0 Å². The summed E-state index contributed by atoms with van der Waals surface area (Å²) in [7, 11) is 0. The zero-order chi connectivity index (χ0) is 14.9. The van der Waals surface area contributed by atoms with Crippen LogP contribution in [0.3, 0.4) is 0 Å². The molecule has 120 valence electrons. The summed E-state index contributed by atoms with van der Waals surface area (Å²) < 4.78 is 10.8. The van der Waals surface area contributed by atoms with Crippen molar-refractivity contribution in [1.29, 1.82) is 0 Å². The summed E-state index contributed by atoms with van der Waals surface area (Å²) in [4.78, 5) is 4.32. The lowest BCUT2D eigenvalue weighted by atomic mass is 9.99. The van der Waals surface area contributed by atoms with Crippen molar-refractivity contribution in [3.8, 4) is 5.75 Å². The van der Waals surface area contributed by atoms with Gasteiger partial charge >= 0.3 is 0 Å². The molecular weight excluding hydrogens is 349 g/mol. The van der Waals surface area contributed by atoms with E-state index in [1.807, 2.05) is 0 Å². The van der Waals surface area contributed by atoms with Crippen molar-refractivity contribution in [2.45, 2.75) is 37.8 Å². The van der Waals surface area contributed by atoms with E-state index in [-0.39, 0.29) is 19.0 Å². The van der Waals surface area contributed by atoms with Gasteiger partial charge in [-0.1, -0.05) is 47.3 Å². The minimum absolute atomic E-state index is 0. The highest BCUT2D eigenvalue weighted by Crippen LogP contribution is 2.35. The maximum absolute atomic E-state index is 6.28. The number of para-hydroxylation sites is 1. The minimum atomic E-state index is -0.468. The highest BCUT2D eigenvalue weighted by Gasteiger charge is 2.36. The van der Waals surface area contributed by atoms with E-state index in [0.717, 1.165) is 25.7 Å². The standard InChI is InChI=1S/C14H15Cl2N3O2.ClH/c15-9-4-3-5-10(16)12(9)20-8-11-18-13(19-21-11)14(17)6-1-2-7-14;/h3-5H,1-2,6-8,17H2;1H. The van der Waals surface area contributed by atoms with Crippen LogP contribution in [0.2, 0.25) is 10.0 Å². The van der Waals surface area contributed by atoms with Crippen molar-refractivity contribution >= 4 is 35.6 Å². The molecule has 1 fully saturated rings. The Hall–Kier alpha value is -1.01. The fourth-order valence-corrected chi connectivity index (χ4v) is 3.01. The molecule has 22 heavy (non-hydrogen) atoms. The molecule has 0 radical (unpaired) electrons. The summed E-state index contributed by atoms with van der Waals surface area (Å²) in [5.41, 5.74) is 5.81. The summed E-state index contributed by atoms with van der Waals surface area (Å²) >= 11 is 12.1. The van der Waals surface area contributed by atoms with E-state index < -0.39 is 5.54 Å². The van der Waals surface area contributed by atoms with Crippen LogP contribution in [-0.2, 0) is 12.1 Å². The molecule has 2 N–H and O–H groups in total. The average Bonchev–Trinajstić information content (AvgIpc) is 3.08. The molecule has 1 aliphatic carbocycles. The highest BCUT2D eigenvalue weighted by atomic mass is 35.5. The van der Waals surface area contributed by atoms with Gasteiger partial charge in [-0.2, -0.15) is 4.98 Å². The number of rotatable bonds is 4. The van der Waals surface area contributed by atoms with Crippen LogP contribution in [0.25, 0.3) is 0 Å². The maximum atomic E-state index is 6.28. The van der Waals surface area contributed by atoms with Gasteiger partial charge in [0, 0.05) is 0 Å². The van der Waals surface area contributed by atoms with Crippen molar-refractivity contribution in [3.05, 3.63) is 40.0 Å². The number of nitrogens with zero attached hydrogens (tertiary/aromatic N) is 2. The van der Waals surface area contributed by atoms with Crippen LogP contribution in [0.5, 0.6) is 5.75 Å². The summed E-state index contributed by atoms with van der Waals surface area (Å²) in [6, 6.07) is 5.16. The SMILES string of the molecule is Cl.NC1(c2noc(COc3c(Cl)cccc3Cl)n2)CCCC1. The Kier molecular flexibility index (Phi) is 5.55. The van der Waals surface area contributed by atoms with E-state index in [9.17, 15) is 0 Å². The first kappa shape index (κ1) is 17.3. The van der Waals surface area contributed by atoms with Gasteiger partial charge in [-0.15, -0.1) is 12.4 Å². The molecule has 0 spiro atoms. The van der Waals surface area contributed by atoms with Gasteiger partial charge in [-0.05, 0) is 25.0 Å². The van der Waals surface area contributed by atoms with Crippen LogP contribution in [-0.4, -0.2) is 10.1 Å². The first-order valence-electron chi connectivity index (χ1n) is 6.77. The molecule has 2 aromatic rings. The molecule has 5 nitrogen and oxygen atoms in total. The Morgan fingerprint density at radius 1 is 1.23 bits per heavy atom. The quantitative estimate of drug-likeness (QED) is 0.884. The van der Waals surface area contributed by atoms with Gasteiger partial charge in [0.25, 0.3) is 5.89 Å². The highest BCUT2D eigenvalue weighted by molar-refractivity contribution is 6.37. The molecule has 8 heteroatoms. The Bertz CT molecular complexity index is 622. The van der Waals surface area contributed by atoms with Gasteiger partial charge in [-0.3, -0.25) is 0 Å². The summed E-state index contributed by atoms with van der Waals surface area (Å²) in [5.74, 6) is 1.31. The Balaban J connectivity index is 0.00000176. The van der Waals surface area contributed by atoms with Gasteiger partial charge in [0.05, 0.1) is 15.6 Å². The van der Waals surface area contributed by atoms with Crippen molar-refractivity contribution in [2.24, 2.45) is 5.73 Å². The molecule has 1 aromatic carbocycles. The topological polar surface area (TPSA) is 74.2 Å². The molecule has 0 bridgehead atoms. The van der Waals surface area contributed by atoms with E-state index in [0.29, 0.717) is 27.5 Å². The number of aromatic nitrogens is 2. The van der Waals surface area contributed by atoms with Crippen LogP contribution in [0.4, 0.5) is 0 Å². The van der Waals surface area contributed by atoms with Crippen LogP contribution >= 0.6 is 35.6 Å². The average molecular weight is 365 g/mol. The van der Waals surface area contributed by atoms with E-state index in [1.54, 1.807) is 18.2 Å². The lowest BCUT2D eigenvalue weighted by molar-refractivity contribution is 0.241. The summed E-state index contributed by atoms with van der Waals surface area (Å²) in [6.45, 7) is 0.104. The maximum Gasteiger partial charge on any atom is 0.264 e. The second-order valence-electron chi connectivity index (χ2n) is 5.21. The predicted molar refractivity (Wildman–Crippen MR) is 86.7 cm³/mol. The van der Waals surface area contributed by atoms with E-state index in [4.69, 9.17) is 38.2 Å². The lowest BCUT2D eigenvalue weighted by Gasteiger charge is -2.17. The normalized spacial score (nSPS) is 16.3. The third-order valence-electron chi connectivity index (χ3n) is 3.67. The van der Waals surface area contributed by atoms with Crippen LogP contribution in [0, 0.1) is 0 Å². The minimum Gasteiger partial charge on any atom is -0.481 e. The van der Waals surface area contributed by atoms with Gasteiger partial charge < -0.3 is 15.0 Å². The fraction of sp³-hybridized carbons (Fsp3) is 0.429. The van der Waals surface area contributed by atoms with Gasteiger partial charge in [0.1, 0.15) is 0 Å². The third-order valence-corrected chi connectivity index (χ3v) is 4.26. The molecular formula is C14H16Cl3N3O2. The number of nitrogens with two attached hydrogens (primary N) is 1. The van der Waals surface area contributed by atoms with Gasteiger partial charge in [0.2, 0.25) is 0 Å². The monoisotopic (exact) mass is 363 g/mol. The molecule has 0 amide bonds. The third kappa shape index (κ3) is 3.49. The second-order valence-corrected chi connectivity index (χ2v) is 6.03. The molecule has 0 aliphatic heterocycles. The van der Waals surface area contributed by atoms with E-state index >= 15 is 0 Å². The number of hydrogen-bond acceptors (Lipinski definition) is 5. The van der Waals surface area contributed by atoms with E-state index in [2.05, 4.69) is 10.1 Å². The first-order valence-corrected chi connectivity index (χ1v) is 7.53. The Labute approximate surface area is 144 Å². The van der Waals surface area contributed by atoms with Gasteiger partial charge in [0.15, 0.2) is 18.2 Å². The summed E-state index contributed by atoms with van der Waals surface area (Å²) in [6.07, 6.45) is 3.94. The Morgan fingerprint density at radius 2 is 1.86 bits per heavy atom. The fourth-order valence-electron chi connectivity index (χ4n) is 2.50. The number of ether oxygens (including phenoxy) is 1. The predicted octanol–water partition coefficient (Wildman–Crippen LogP) is 4.11. The molecule has 1 saturated carbocycles. The Morgan fingerprint density at radius 3 is 2.50 bits per heavy atom. The molecule has 0 saturated heterocycles. The molecule has 1 aromatic heterocycles. The number of benzene rings is 1. The molecule has 1 aliphatic rings. The lowest BCUT2D eigenvalue weighted by Crippen LogP contribution is -2.34. The molecule has 3 rings (SSSR count). The summed E-state index contributed by atoms with van der Waals surface area (Å²) in [5, 5.41) is 4.85. The first-order chi connectivity index (χ1) is 10.1. The molecule has 0 atom stereocenters. The molecule has 1 heterocycles. The van der Waals surface area contributed by atoms with E-state index in [1.165, 1.54) is 0 Å². The smallest absolute Gasteiger partial charge is 0.264 e. The number of halogens is 3. The van der Waals surface area contributed by atoms with Crippen LogP contribution < -0.4 is 10.5 Å². The van der Waals surface area contributed by atoms with Crippen LogP contribution in [0.1, 0.15) is 37.4 Å². The number of hydrogen-bond donors (Lipinski definition) is 1.